The van der Waals surface area contributed by atoms with Crippen molar-refractivity contribution in [3.8, 4) is 0 Å². The maximum Gasteiger partial charge on any atom is 0.430 e. The number of fused-ring (bicyclic) bond motifs is 1. The average Bonchev–Trinajstić information content (AvgIpc) is 3.39. The van der Waals surface area contributed by atoms with Crippen LogP contribution >= 0.6 is 0 Å². The highest BCUT2D eigenvalue weighted by Gasteiger charge is 2.52. The molecule has 5 N–H and O–H groups in total. The Morgan fingerprint density at radius 2 is 2.17 bits per heavy atom. The molecule has 5 unspecified atom stereocenters. The summed E-state index contributed by atoms with van der Waals surface area (Å²) in [7, 11) is 1.29. The first-order chi connectivity index (χ1) is 20.3. The topological polar surface area (TPSA) is 163 Å². The molecule has 5 rings (SSSR count). The molecule has 4 aliphatic rings. The van der Waals surface area contributed by atoms with Gasteiger partial charge in [0.15, 0.2) is 5.84 Å². The van der Waals surface area contributed by atoms with E-state index in [1.807, 2.05) is 12.2 Å². The summed E-state index contributed by atoms with van der Waals surface area (Å²) in [6.45, 7) is 4.37. The molecular weight excluding hydrogens is 543 g/mol. The van der Waals surface area contributed by atoms with Gasteiger partial charge in [-0.2, -0.15) is 15.6 Å². The first-order valence-electron chi connectivity index (χ1n) is 13.8. The number of rotatable bonds is 9. The van der Waals surface area contributed by atoms with Crippen LogP contribution in [0.25, 0.3) is 5.70 Å². The lowest BCUT2D eigenvalue weighted by Gasteiger charge is -2.36. The quantitative estimate of drug-likeness (QED) is 0.256. The van der Waals surface area contributed by atoms with E-state index in [9.17, 15) is 9.18 Å². The maximum atomic E-state index is 13.4. The minimum absolute atomic E-state index is 0.00468. The Hall–Kier alpha value is -4.43. The van der Waals surface area contributed by atoms with E-state index in [0.29, 0.717) is 30.2 Å². The van der Waals surface area contributed by atoms with Crippen LogP contribution in [0.1, 0.15) is 32.4 Å². The van der Waals surface area contributed by atoms with E-state index in [2.05, 4.69) is 48.5 Å². The van der Waals surface area contributed by atoms with Gasteiger partial charge in [0, 0.05) is 36.5 Å². The van der Waals surface area contributed by atoms with Gasteiger partial charge in [-0.15, -0.1) is 0 Å². The number of allylic oxidation sites excluding steroid dienone is 2. The number of amides is 1. The van der Waals surface area contributed by atoms with Gasteiger partial charge < -0.3 is 21.1 Å². The SMILES string of the molecule is CCN(/N=C/C(N)(C1=NONC(C)=N1)C1NC2C=CC=CC2C1CCC1=NC(c2ccc(F)cn2)=CNC1)C(=O)OC. The second-order valence-electron chi connectivity index (χ2n) is 10.3. The van der Waals surface area contributed by atoms with Crippen LogP contribution in [0.15, 0.2) is 69.1 Å². The number of nitrogens with one attached hydrogen (secondary N) is 3. The van der Waals surface area contributed by atoms with Crippen LogP contribution in [0.4, 0.5) is 9.18 Å². The van der Waals surface area contributed by atoms with Crippen molar-refractivity contribution in [2.75, 3.05) is 20.2 Å². The summed E-state index contributed by atoms with van der Waals surface area (Å²) in [5.41, 5.74) is 10.6. The second-order valence-corrected chi connectivity index (χ2v) is 10.3. The van der Waals surface area contributed by atoms with E-state index in [-0.39, 0.29) is 30.3 Å². The van der Waals surface area contributed by atoms with Crippen LogP contribution in [0.5, 0.6) is 0 Å². The number of nitrogens with zero attached hydrogens (tertiary/aromatic N) is 6. The van der Waals surface area contributed by atoms with Crippen molar-refractivity contribution in [1.29, 1.82) is 0 Å². The number of ether oxygens (including phenoxy) is 1. The Kier molecular flexibility index (Phi) is 8.73. The van der Waals surface area contributed by atoms with E-state index in [0.717, 1.165) is 12.1 Å². The number of aliphatic imine (C=N–C) groups is 2. The minimum atomic E-state index is -1.37. The maximum absolute atomic E-state index is 13.4. The molecule has 1 fully saturated rings. The fraction of sp³-hybridized carbons (Fsp3) is 0.429. The van der Waals surface area contributed by atoms with Crippen LogP contribution in [0.3, 0.4) is 0 Å². The number of carbonyl (C=O) groups is 1. The number of hydrogen-bond donors (Lipinski definition) is 4. The van der Waals surface area contributed by atoms with Gasteiger partial charge in [0.2, 0.25) is 0 Å². The van der Waals surface area contributed by atoms with Gasteiger partial charge >= 0.3 is 6.09 Å². The predicted octanol–water partition coefficient (Wildman–Crippen LogP) is 2.08. The van der Waals surface area contributed by atoms with Crippen molar-refractivity contribution >= 4 is 35.4 Å². The van der Waals surface area contributed by atoms with Crippen molar-refractivity contribution in [3.05, 3.63) is 60.3 Å². The number of nitrogens with two attached hydrogens (primary N) is 1. The van der Waals surface area contributed by atoms with Crippen LogP contribution in [-0.4, -0.2) is 77.5 Å². The average molecular weight is 579 g/mol. The molecule has 1 amide bonds. The lowest BCUT2D eigenvalue weighted by atomic mass is 9.75. The monoisotopic (exact) mass is 578 g/mol. The second kappa shape index (κ2) is 12.6. The molecule has 5 atom stereocenters. The molecule has 1 aliphatic carbocycles. The molecule has 0 saturated carbocycles. The normalized spacial score (nSPS) is 26.0. The van der Waals surface area contributed by atoms with Crippen molar-refractivity contribution in [1.82, 2.24) is 26.1 Å². The third-order valence-electron chi connectivity index (χ3n) is 7.65. The van der Waals surface area contributed by atoms with Crippen LogP contribution in [0.2, 0.25) is 0 Å². The highest BCUT2D eigenvalue weighted by molar-refractivity contribution is 6.12. The number of hydrazone groups is 1. The van der Waals surface area contributed by atoms with Gasteiger partial charge in [0.05, 0.1) is 31.8 Å². The number of halogens is 1. The van der Waals surface area contributed by atoms with Crippen LogP contribution < -0.4 is 21.8 Å². The minimum Gasteiger partial charge on any atom is -0.451 e. The van der Waals surface area contributed by atoms with E-state index >= 15 is 0 Å². The molecule has 0 aromatic carbocycles. The third kappa shape index (κ3) is 6.09. The summed E-state index contributed by atoms with van der Waals surface area (Å²) in [6, 6.07) is 2.59. The third-order valence-corrected chi connectivity index (χ3v) is 7.65. The molecule has 14 heteroatoms. The molecular formula is C28H35FN10O3. The molecule has 0 bridgehead atoms. The Morgan fingerprint density at radius 3 is 2.90 bits per heavy atom. The Balaban J connectivity index is 1.45. The summed E-state index contributed by atoms with van der Waals surface area (Å²) in [5, 5.41) is 16.7. The molecule has 13 nitrogen and oxygen atoms in total. The summed E-state index contributed by atoms with van der Waals surface area (Å²) in [4.78, 5) is 31.0. The lowest BCUT2D eigenvalue weighted by Crippen LogP contribution is -2.65. The Labute approximate surface area is 243 Å². The van der Waals surface area contributed by atoms with Gasteiger partial charge in [-0.25, -0.2) is 14.2 Å². The molecule has 1 aromatic rings. The van der Waals surface area contributed by atoms with Gasteiger partial charge in [0.1, 0.15) is 22.9 Å². The lowest BCUT2D eigenvalue weighted by molar-refractivity contribution is 0.0860. The molecule has 4 heterocycles. The standard InChI is InChI=1S/C28H35FN10O3/c1-4-39(27(40)41-3)33-16-28(30,26-34-17(2)37-42-38-26)25-21(20-7-5-6-8-22(20)36-25)11-10-19-14-31-15-24(35-19)23-12-9-18(29)13-32-23/h5-9,12-13,15-16,20-22,25,31,36H,4,10-11,14,30H2,1-3H3,(H,34,37,38)/b33-16+. The first kappa shape index (κ1) is 29.1. The Morgan fingerprint density at radius 1 is 1.33 bits per heavy atom. The van der Waals surface area contributed by atoms with Crippen LogP contribution in [-0.2, 0) is 9.68 Å². The number of methoxy groups -OCH3 is 1. The first-order valence-corrected chi connectivity index (χ1v) is 13.8. The number of carbonyl (C=O) groups excluding carboxylic acids is 1. The van der Waals surface area contributed by atoms with Crippen molar-refractivity contribution in [3.63, 3.8) is 0 Å². The zero-order valence-electron chi connectivity index (χ0n) is 23.7. The largest absolute Gasteiger partial charge is 0.451 e. The molecule has 3 aliphatic heterocycles. The van der Waals surface area contributed by atoms with E-state index in [4.69, 9.17) is 20.4 Å². The fourth-order valence-electron chi connectivity index (χ4n) is 5.56. The number of oxime groups is 1. The molecule has 0 radical (unpaired) electrons. The van der Waals surface area contributed by atoms with Crippen molar-refractivity contribution in [2.45, 2.75) is 44.3 Å². The van der Waals surface area contributed by atoms with E-state index < -0.39 is 23.5 Å². The number of hydrogen-bond acceptors (Lipinski definition) is 12. The van der Waals surface area contributed by atoms with Gasteiger partial charge in [-0.3, -0.25) is 14.9 Å². The smallest absolute Gasteiger partial charge is 0.430 e. The number of pyridine rings is 1. The summed E-state index contributed by atoms with van der Waals surface area (Å²) in [5.74, 6) is 0.406. The fourth-order valence-corrected chi connectivity index (χ4v) is 5.56. The van der Waals surface area contributed by atoms with Crippen molar-refractivity contribution in [2.24, 2.45) is 37.8 Å². The number of amidine groups is 2. The van der Waals surface area contributed by atoms with Crippen molar-refractivity contribution < 1.29 is 18.9 Å². The molecule has 1 saturated heterocycles. The number of hydroxylamine groups is 1. The predicted molar refractivity (Wildman–Crippen MR) is 158 cm³/mol. The summed E-state index contributed by atoms with van der Waals surface area (Å²) < 4.78 is 18.3. The molecule has 42 heavy (non-hydrogen) atoms. The van der Waals surface area contributed by atoms with Gasteiger partial charge in [-0.05, 0) is 49.9 Å². The highest BCUT2D eigenvalue weighted by atomic mass is 19.1. The molecule has 0 spiro atoms. The van der Waals surface area contributed by atoms with Gasteiger partial charge in [0.25, 0.3) is 0 Å². The highest BCUT2D eigenvalue weighted by Crippen LogP contribution is 2.39. The molecule has 1 aromatic heterocycles. The zero-order chi connectivity index (χ0) is 29.7. The van der Waals surface area contributed by atoms with E-state index in [1.165, 1.54) is 30.6 Å². The summed E-state index contributed by atoms with van der Waals surface area (Å²) in [6.07, 6.45) is 13.6. The zero-order valence-corrected chi connectivity index (χ0v) is 23.7. The van der Waals surface area contributed by atoms with Crippen LogP contribution in [0, 0.1) is 17.7 Å². The number of aromatic nitrogens is 1. The summed E-state index contributed by atoms with van der Waals surface area (Å²) >= 11 is 0. The molecule has 222 valence electrons. The Bertz CT molecular complexity index is 1390. The van der Waals surface area contributed by atoms with Gasteiger partial charge in [-0.1, -0.05) is 24.3 Å². The van der Waals surface area contributed by atoms with E-state index in [1.54, 1.807) is 26.1 Å².